The molecule has 1 unspecified atom stereocenters. The molecule has 18 heavy (non-hydrogen) atoms. The molecule has 0 aliphatic carbocycles. The number of rotatable bonds is 4. The number of carbonyl (C=O) groups excluding carboxylic acids is 2. The maximum Gasteiger partial charge on any atom is 0.321 e. The van der Waals surface area contributed by atoms with E-state index < -0.39 is 17.5 Å². The fourth-order valence-corrected chi connectivity index (χ4v) is 1.60. The molecule has 1 aromatic carbocycles. The summed E-state index contributed by atoms with van der Waals surface area (Å²) in [5, 5.41) is 0. The van der Waals surface area contributed by atoms with Crippen LogP contribution in [0.2, 0.25) is 0 Å². The van der Waals surface area contributed by atoms with Crippen molar-refractivity contribution < 1.29 is 14.3 Å². The van der Waals surface area contributed by atoms with Crippen molar-refractivity contribution in [2.45, 2.75) is 45.6 Å². The quantitative estimate of drug-likeness (QED) is 0.467. The van der Waals surface area contributed by atoms with Gasteiger partial charge in [0.2, 0.25) is 0 Å². The van der Waals surface area contributed by atoms with Crippen molar-refractivity contribution in [3.05, 3.63) is 35.4 Å². The highest BCUT2D eigenvalue weighted by Crippen LogP contribution is 2.19. The minimum Gasteiger partial charge on any atom is -0.459 e. The molecule has 0 N–H and O–H groups in total. The summed E-state index contributed by atoms with van der Waals surface area (Å²) in [6, 6.07) is 7.47. The van der Waals surface area contributed by atoms with Gasteiger partial charge in [-0.05, 0) is 38.3 Å². The molecule has 0 saturated carbocycles. The number of esters is 1. The molecule has 0 saturated heterocycles. The minimum absolute atomic E-state index is 0.498. The summed E-state index contributed by atoms with van der Waals surface area (Å²) in [5.74, 6) is -1.34. The fraction of sp³-hybridized carbons (Fsp3) is 0.467. The van der Waals surface area contributed by atoms with Crippen molar-refractivity contribution in [1.82, 2.24) is 0 Å². The Morgan fingerprint density at radius 2 is 1.83 bits per heavy atom. The van der Waals surface area contributed by atoms with Crippen molar-refractivity contribution in [2.75, 3.05) is 0 Å². The number of ether oxygens (including phenoxy) is 1. The van der Waals surface area contributed by atoms with Gasteiger partial charge in [-0.25, -0.2) is 0 Å². The van der Waals surface area contributed by atoms with E-state index >= 15 is 0 Å². The van der Waals surface area contributed by atoms with Crippen LogP contribution in [0.5, 0.6) is 0 Å². The van der Waals surface area contributed by atoms with Gasteiger partial charge in [0.25, 0.3) is 0 Å². The highest BCUT2D eigenvalue weighted by atomic mass is 16.6. The average Bonchev–Trinajstić information content (AvgIpc) is 2.28. The van der Waals surface area contributed by atoms with E-state index in [4.69, 9.17) is 4.74 Å². The zero-order valence-corrected chi connectivity index (χ0v) is 11.4. The molecular formula is C15H20O3. The number of carbonyl (C=O) groups is 2. The second-order valence-corrected chi connectivity index (χ2v) is 5.24. The maximum atomic E-state index is 11.9. The van der Waals surface area contributed by atoms with Gasteiger partial charge in [-0.1, -0.05) is 31.2 Å². The predicted molar refractivity (Wildman–Crippen MR) is 70.5 cm³/mol. The van der Waals surface area contributed by atoms with Crippen LogP contribution in [0, 0.1) is 0 Å². The summed E-state index contributed by atoms with van der Waals surface area (Å²) in [6.45, 7) is 7.41. The largest absolute Gasteiger partial charge is 0.459 e. The van der Waals surface area contributed by atoms with Crippen LogP contribution in [0.3, 0.4) is 0 Å². The number of aldehydes is 1. The molecule has 3 heteroatoms. The first-order valence-electron chi connectivity index (χ1n) is 6.14. The lowest BCUT2D eigenvalue weighted by Crippen LogP contribution is -2.28. The highest BCUT2D eigenvalue weighted by molar-refractivity contribution is 5.94. The molecule has 0 fully saturated rings. The van der Waals surface area contributed by atoms with Crippen LogP contribution in [0.25, 0.3) is 0 Å². The summed E-state index contributed by atoms with van der Waals surface area (Å²) in [7, 11) is 0. The molecule has 0 bridgehead atoms. The van der Waals surface area contributed by atoms with Crippen LogP contribution < -0.4 is 0 Å². The second kappa shape index (κ2) is 5.80. The third-order valence-electron chi connectivity index (χ3n) is 2.54. The first kappa shape index (κ1) is 14.4. The molecule has 0 aromatic heterocycles. The zero-order valence-electron chi connectivity index (χ0n) is 11.4. The van der Waals surface area contributed by atoms with E-state index in [1.54, 1.807) is 20.8 Å². The second-order valence-electron chi connectivity index (χ2n) is 5.24. The summed E-state index contributed by atoms with van der Waals surface area (Å²) in [6.07, 6.45) is 1.56. The normalized spacial score (nSPS) is 12.9. The van der Waals surface area contributed by atoms with Crippen LogP contribution in [0.15, 0.2) is 24.3 Å². The van der Waals surface area contributed by atoms with E-state index in [0.717, 1.165) is 6.42 Å². The number of hydrogen-bond donors (Lipinski definition) is 0. The molecule has 1 aromatic rings. The number of hydrogen-bond acceptors (Lipinski definition) is 3. The first-order chi connectivity index (χ1) is 8.37. The van der Waals surface area contributed by atoms with Gasteiger partial charge in [-0.15, -0.1) is 0 Å². The molecule has 0 spiro atoms. The Labute approximate surface area is 108 Å². The van der Waals surface area contributed by atoms with Gasteiger partial charge in [0, 0.05) is 0 Å². The van der Waals surface area contributed by atoms with Crippen molar-refractivity contribution in [1.29, 1.82) is 0 Å². The zero-order chi connectivity index (χ0) is 13.8. The molecule has 0 aliphatic rings. The molecule has 3 nitrogen and oxygen atoms in total. The molecule has 0 aliphatic heterocycles. The predicted octanol–water partition coefficient (Wildman–Crippen LogP) is 2.87. The molecule has 1 atom stereocenters. The summed E-state index contributed by atoms with van der Waals surface area (Å²) < 4.78 is 5.23. The van der Waals surface area contributed by atoms with Crippen molar-refractivity contribution in [3.8, 4) is 0 Å². The van der Waals surface area contributed by atoms with E-state index in [1.807, 2.05) is 24.3 Å². The van der Waals surface area contributed by atoms with Gasteiger partial charge in [-0.2, -0.15) is 0 Å². The molecule has 98 valence electrons. The van der Waals surface area contributed by atoms with Gasteiger partial charge in [0.15, 0.2) is 0 Å². The fourth-order valence-electron chi connectivity index (χ4n) is 1.60. The summed E-state index contributed by atoms with van der Waals surface area (Å²) in [5.41, 5.74) is 1.27. The van der Waals surface area contributed by atoms with Crippen LogP contribution in [0.4, 0.5) is 0 Å². The molecule has 1 rings (SSSR count). The smallest absolute Gasteiger partial charge is 0.321 e. The highest BCUT2D eigenvalue weighted by Gasteiger charge is 2.26. The maximum absolute atomic E-state index is 11.9. The third-order valence-corrected chi connectivity index (χ3v) is 2.54. The monoisotopic (exact) mass is 248 g/mol. The average molecular weight is 248 g/mol. The lowest BCUT2D eigenvalue weighted by atomic mass is 9.98. The lowest BCUT2D eigenvalue weighted by Gasteiger charge is -2.22. The Bertz CT molecular complexity index is 412. The van der Waals surface area contributed by atoms with Crippen molar-refractivity contribution in [2.24, 2.45) is 0 Å². The third kappa shape index (κ3) is 3.99. The lowest BCUT2D eigenvalue weighted by molar-refractivity contribution is -0.157. The van der Waals surface area contributed by atoms with Gasteiger partial charge in [0.05, 0.1) is 0 Å². The SMILES string of the molecule is CCc1ccc(C(C=O)C(=O)OC(C)(C)C)cc1. The van der Waals surface area contributed by atoms with Crippen LogP contribution in [-0.4, -0.2) is 17.9 Å². The minimum atomic E-state index is -0.838. The Balaban J connectivity index is 2.88. The standard InChI is InChI=1S/C15H20O3/c1-5-11-6-8-12(9-7-11)13(10-16)14(17)18-15(2,3)4/h6-10,13H,5H2,1-4H3. The van der Waals surface area contributed by atoms with Gasteiger partial charge >= 0.3 is 5.97 Å². The molecule has 0 amide bonds. The number of aryl methyl sites for hydroxylation is 1. The van der Waals surface area contributed by atoms with E-state index in [2.05, 4.69) is 6.92 Å². The molecule has 0 radical (unpaired) electrons. The van der Waals surface area contributed by atoms with Crippen LogP contribution in [0.1, 0.15) is 44.7 Å². The Hall–Kier alpha value is -1.64. The van der Waals surface area contributed by atoms with E-state index in [0.29, 0.717) is 11.8 Å². The van der Waals surface area contributed by atoms with Gasteiger partial charge in [-0.3, -0.25) is 4.79 Å². The molecule has 0 heterocycles. The van der Waals surface area contributed by atoms with Crippen molar-refractivity contribution >= 4 is 12.3 Å². The van der Waals surface area contributed by atoms with E-state index in [1.165, 1.54) is 5.56 Å². The summed E-state index contributed by atoms with van der Waals surface area (Å²) in [4.78, 5) is 23.0. The first-order valence-corrected chi connectivity index (χ1v) is 6.14. The van der Waals surface area contributed by atoms with E-state index in [-0.39, 0.29) is 0 Å². The van der Waals surface area contributed by atoms with Crippen LogP contribution in [-0.2, 0) is 20.7 Å². The summed E-state index contributed by atoms with van der Waals surface area (Å²) >= 11 is 0. The topological polar surface area (TPSA) is 43.4 Å². The van der Waals surface area contributed by atoms with Gasteiger partial charge < -0.3 is 9.53 Å². The number of benzene rings is 1. The Morgan fingerprint density at radius 1 is 1.28 bits per heavy atom. The molecular weight excluding hydrogens is 228 g/mol. The Morgan fingerprint density at radius 3 is 2.22 bits per heavy atom. The van der Waals surface area contributed by atoms with E-state index in [9.17, 15) is 9.59 Å². The van der Waals surface area contributed by atoms with Gasteiger partial charge in [0.1, 0.15) is 17.8 Å². The Kier molecular flexibility index (Phi) is 4.65. The van der Waals surface area contributed by atoms with Crippen LogP contribution >= 0.6 is 0 Å². The van der Waals surface area contributed by atoms with Crippen molar-refractivity contribution in [3.63, 3.8) is 0 Å².